The molecule has 0 aromatic carbocycles. The van der Waals surface area contributed by atoms with Gasteiger partial charge in [0, 0.05) is 18.2 Å². The third-order valence-electron chi connectivity index (χ3n) is 1.76. The quantitative estimate of drug-likeness (QED) is 0.742. The van der Waals surface area contributed by atoms with Crippen molar-refractivity contribution in [2.75, 3.05) is 5.32 Å². The first-order valence-electron chi connectivity index (χ1n) is 4.60. The van der Waals surface area contributed by atoms with Crippen LogP contribution in [0.2, 0.25) is 0 Å². The molecule has 0 atom stereocenters. The molecule has 0 saturated heterocycles. The maximum atomic E-state index is 11.1. The monoisotopic (exact) mass is 181 g/mol. The van der Waals surface area contributed by atoms with Crippen LogP contribution in [-0.2, 0) is 11.2 Å². The number of carbonyl (C=O) groups is 1. The van der Waals surface area contributed by atoms with E-state index in [2.05, 4.69) is 15.5 Å². The Bertz CT molecular complexity index is 280. The summed E-state index contributed by atoms with van der Waals surface area (Å²) in [7, 11) is 0. The van der Waals surface area contributed by atoms with Crippen LogP contribution in [0.1, 0.15) is 32.4 Å². The van der Waals surface area contributed by atoms with Gasteiger partial charge in [-0.3, -0.25) is 9.89 Å². The maximum Gasteiger partial charge on any atom is 0.225 e. The third-order valence-corrected chi connectivity index (χ3v) is 1.76. The first-order valence-corrected chi connectivity index (χ1v) is 4.60. The highest BCUT2D eigenvalue weighted by Crippen LogP contribution is 2.06. The van der Waals surface area contributed by atoms with Crippen molar-refractivity contribution in [2.45, 2.75) is 33.1 Å². The van der Waals surface area contributed by atoms with Crippen LogP contribution in [0.4, 0.5) is 5.82 Å². The molecule has 0 radical (unpaired) electrons. The van der Waals surface area contributed by atoms with Crippen LogP contribution in [-0.4, -0.2) is 16.1 Å². The van der Waals surface area contributed by atoms with Gasteiger partial charge in [-0.15, -0.1) is 0 Å². The summed E-state index contributed by atoms with van der Waals surface area (Å²) in [6.45, 7) is 4.01. The number of nitrogens with one attached hydrogen (secondary N) is 2. The smallest absolute Gasteiger partial charge is 0.225 e. The minimum Gasteiger partial charge on any atom is -0.309 e. The summed E-state index contributed by atoms with van der Waals surface area (Å²) in [5.41, 5.74) is 1.03. The number of rotatable bonds is 4. The SMILES string of the molecule is CCCC(=O)Nc1cc(CC)[nH]n1. The van der Waals surface area contributed by atoms with Crippen LogP contribution in [0, 0.1) is 0 Å². The molecule has 1 amide bonds. The van der Waals surface area contributed by atoms with E-state index in [4.69, 9.17) is 0 Å². The summed E-state index contributed by atoms with van der Waals surface area (Å²) in [5.74, 6) is 0.645. The summed E-state index contributed by atoms with van der Waals surface area (Å²) >= 11 is 0. The molecular formula is C9H15N3O. The summed E-state index contributed by atoms with van der Waals surface area (Å²) < 4.78 is 0. The van der Waals surface area contributed by atoms with Gasteiger partial charge in [-0.1, -0.05) is 13.8 Å². The van der Waals surface area contributed by atoms with E-state index < -0.39 is 0 Å². The fourth-order valence-electron chi connectivity index (χ4n) is 1.04. The highest BCUT2D eigenvalue weighted by molar-refractivity contribution is 5.89. The van der Waals surface area contributed by atoms with Crippen molar-refractivity contribution in [3.63, 3.8) is 0 Å². The normalized spacial score (nSPS) is 10.0. The zero-order valence-corrected chi connectivity index (χ0v) is 8.05. The van der Waals surface area contributed by atoms with Gasteiger partial charge in [0.2, 0.25) is 5.91 Å². The molecule has 0 unspecified atom stereocenters. The van der Waals surface area contributed by atoms with Crippen molar-refractivity contribution in [3.8, 4) is 0 Å². The minimum absolute atomic E-state index is 0.0247. The molecule has 4 heteroatoms. The van der Waals surface area contributed by atoms with Crippen molar-refractivity contribution < 1.29 is 4.79 Å². The number of H-pyrrole nitrogens is 1. The number of hydrogen-bond donors (Lipinski definition) is 2. The second-order valence-corrected chi connectivity index (χ2v) is 2.93. The van der Waals surface area contributed by atoms with Crippen molar-refractivity contribution in [2.24, 2.45) is 0 Å². The fourth-order valence-corrected chi connectivity index (χ4v) is 1.04. The van der Waals surface area contributed by atoms with E-state index in [9.17, 15) is 4.79 Å². The molecule has 1 aromatic rings. The summed E-state index contributed by atoms with van der Waals surface area (Å²) in [4.78, 5) is 11.1. The topological polar surface area (TPSA) is 57.8 Å². The number of carbonyl (C=O) groups excluding carboxylic acids is 1. The third kappa shape index (κ3) is 2.89. The van der Waals surface area contributed by atoms with Crippen LogP contribution >= 0.6 is 0 Å². The first-order chi connectivity index (χ1) is 6.26. The molecule has 1 aromatic heterocycles. The summed E-state index contributed by atoms with van der Waals surface area (Å²) in [5, 5.41) is 9.51. The van der Waals surface area contributed by atoms with Crippen LogP contribution < -0.4 is 5.32 Å². The maximum absolute atomic E-state index is 11.1. The molecule has 0 aliphatic heterocycles. The highest BCUT2D eigenvalue weighted by Gasteiger charge is 2.03. The molecule has 2 N–H and O–H groups in total. The van der Waals surface area contributed by atoms with Crippen LogP contribution in [0.5, 0.6) is 0 Å². The fraction of sp³-hybridized carbons (Fsp3) is 0.556. The first kappa shape index (κ1) is 9.77. The lowest BCUT2D eigenvalue weighted by Gasteiger charge is -1.97. The number of aryl methyl sites for hydroxylation is 1. The van der Waals surface area contributed by atoms with E-state index in [0.29, 0.717) is 12.2 Å². The molecule has 0 fully saturated rings. The van der Waals surface area contributed by atoms with Crippen molar-refractivity contribution in [1.29, 1.82) is 0 Å². The number of aromatic nitrogens is 2. The minimum atomic E-state index is 0.0247. The lowest BCUT2D eigenvalue weighted by Crippen LogP contribution is -2.10. The lowest BCUT2D eigenvalue weighted by atomic mass is 10.3. The Labute approximate surface area is 77.7 Å². The molecule has 0 bridgehead atoms. The molecule has 1 rings (SSSR count). The van der Waals surface area contributed by atoms with E-state index in [-0.39, 0.29) is 5.91 Å². The van der Waals surface area contributed by atoms with Gasteiger partial charge < -0.3 is 5.32 Å². The Balaban J connectivity index is 2.49. The molecule has 0 aliphatic rings. The van der Waals surface area contributed by atoms with Gasteiger partial charge >= 0.3 is 0 Å². The van der Waals surface area contributed by atoms with E-state index >= 15 is 0 Å². The second-order valence-electron chi connectivity index (χ2n) is 2.93. The van der Waals surface area contributed by atoms with Crippen LogP contribution in [0.25, 0.3) is 0 Å². The van der Waals surface area contributed by atoms with Gasteiger partial charge in [-0.25, -0.2) is 0 Å². The average molecular weight is 181 g/mol. The predicted octanol–water partition coefficient (Wildman–Crippen LogP) is 1.71. The largest absolute Gasteiger partial charge is 0.309 e. The number of aromatic amines is 1. The summed E-state index contributed by atoms with van der Waals surface area (Å²) in [6, 6.07) is 1.85. The second kappa shape index (κ2) is 4.64. The number of nitrogens with zero attached hydrogens (tertiary/aromatic N) is 1. The van der Waals surface area contributed by atoms with Crippen LogP contribution in [0.15, 0.2) is 6.07 Å². The number of amides is 1. The van der Waals surface area contributed by atoms with Gasteiger partial charge in [0.25, 0.3) is 0 Å². The van der Waals surface area contributed by atoms with Crippen LogP contribution in [0.3, 0.4) is 0 Å². The van der Waals surface area contributed by atoms with Crippen molar-refractivity contribution >= 4 is 11.7 Å². The van der Waals surface area contributed by atoms with E-state index in [0.717, 1.165) is 18.5 Å². The molecule has 13 heavy (non-hydrogen) atoms. The zero-order valence-electron chi connectivity index (χ0n) is 8.05. The molecule has 4 nitrogen and oxygen atoms in total. The molecule has 0 aliphatic carbocycles. The molecular weight excluding hydrogens is 166 g/mol. The molecule has 1 heterocycles. The number of anilines is 1. The Hall–Kier alpha value is -1.32. The Morgan fingerprint density at radius 1 is 1.62 bits per heavy atom. The molecule has 0 spiro atoms. The van der Waals surface area contributed by atoms with E-state index in [1.54, 1.807) is 0 Å². The zero-order chi connectivity index (χ0) is 9.68. The molecule has 0 saturated carbocycles. The van der Waals surface area contributed by atoms with Gasteiger partial charge in [0.15, 0.2) is 5.82 Å². The van der Waals surface area contributed by atoms with Gasteiger partial charge in [-0.05, 0) is 12.8 Å². The van der Waals surface area contributed by atoms with Gasteiger partial charge in [0.05, 0.1) is 0 Å². The average Bonchev–Trinajstić information content (AvgIpc) is 2.52. The predicted molar refractivity (Wildman–Crippen MR) is 51.5 cm³/mol. The molecule has 72 valence electrons. The summed E-state index contributed by atoms with van der Waals surface area (Å²) in [6.07, 6.45) is 2.31. The van der Waals surface area contributed by atoms with Gasteiger partial charge in [-0.2, -0.15) is 5.10 Å². The highest BCUT2D eigenvalue weighted by atomic mass is 16.1. The van der Waals surface area contributed by atoms with Crippen molar-refractivity contribution in [3.05, 3.63) is 11.8 Å². The Morgan fingerprint density at radius 2 is 2.38 bits per heavy atom. The lowest BCUT2D eigenvalue weighted by molar-refractivity contribution is -0.116. The Morgan fingerprint density at radius 3 is 2.92 bits per heavy atom. The standard InChI is InChI=1S/C9H15N3O/c1-3-5-9(13)10-8-6-7(4-2)11-12-8/h6H,3-5H2,1-2H3,(H2,10,11,12,13). The van der Waals surface area contributed by atoms with Gasteiger partial charge in [0.1, 0.15) is 0 Å². The van der Waals surface area contributed by atoms with E-state index in [1.165, 1.54) is 0 Å². The Kier molecular flexibility index (Phi) is 3.49. The van der Waals surface area contributed by atoms with E-state index in [1.807, 2.05) is 19.9 Å². The van der Waals surface area contributed by atoms with Crippen molar-refractivity contribution in [1.82, 2.24) is 10.2 Å². The number of hydrogen-bond acceptors (Lipinski definition) is 2.